The van der Waals surface area contributed by atoms with E-state index in [1.165, 1.54) is 12.0 Å². The molecule has 2 amide bonds. The summed E-state index contributed by atoms with van der Waals surface area (Å²) in [4.78, 5) is 36.4. The summed E-state index contributed by atoms with van der Waals surface area (Å²) in [6.07, 6.45) is 3.81. The van der Waals surface area contributed by atoms with Gasteiger partial charge in [0.05, 0.1) is 18.4 Å². The summed E-state index contributed by atoms with van der Waals surface area (Å²) < 4.78 is 20.8. The minimum Gasteiger partial charge on any atom is -0.493 e. The number of hydrogen-bond acceptors (Lipinski definition) is 6. The summed E-state index contributed by atoms with van der Waals surface area (Å²) in [5, 5.41) is 2.95. The fourth-order valence-electron chi connectivity index (χ4n) is 4.71. The zero-order valence-electron chi connectivity index (χ0n) is 19.6. The third kappa shape index (κ3) is 4.88. The number of halogens is 1. The van der Waals surface area contributed by atoms with Gasteiger partial charge in [0.1, 0.15) is 6.04 Å². The molecule has 1 unspecified atom stereocenters. The van der Waals surface area contributed by atoms with Gasteiger partial charge < -0.3 is 24.8 Å². The Balaban J connectivity index is 1.53. The smallest absolute Gasteiger partial charge is 0.258 e. The van der Waals surface area contributed by atoms with Crippen LogP contribution in [0.5, 0.6) is 5.75 Å². The molecule has 33 heavy (non-hydrogen) atoms. The van der Waals surface area contributed by atoms with Crippen molar-refractivity contribution in [3.05, 3.63) is 35.3 Å². The van der Waals surface area contributed by atoms with Crippen molar-refractivity contribution in [1.82, 2.24) is 15.1 Å². The first-order valence-electron chi connectivity index (χ1n) is 11.5. The molecule has 0 saturated carbocycles. The molecule has 178 valence electrons. The van der Waals surface area contributed by atoms with Crippen molar-refractivity contribution >= 4 is 23.2 Å². The number of likely N-dealkylation sites (tertiary alicyclic amines) is 1. The maximum atomic E-state index is 15.4. The number of amides is 2. The van der Waals surface area contributed by atoms with E-state index in [4.69, 9.17) is 4.74 Å². The van der Waals surface area contributed by atoms with E-state index in [0.717, 1.165) is 24.5 Å². The average Bonchev–Trinajstić information content (AvgIpc) is 3.29. The zero-order valence-corrected chi connectivity index (χ0v) is 19.6. The monoisotopic (exact) mass is 457 g/mol. The number of ether oxygens (including phenoxy) is 1. The predicted molar refractivity (Wildman–Crippen MR) is 126 cm³/mol. The van der Waals surface area contributed by atoms with Crippen LogP contribution in [0, 0.1) is 5.82 Å². The van der Waals surface area contributed by atoms with Gasteiger partial charge in [0.2, 0.25) is 5.91 Å². The number of methoxy groups -OCH3 is 1. The lowest BCUT2D eigenvalue weighted by molar-refractivity contribution is -0.124. The summed E-state index contributed by atoms with van der Waals surface area (Å²) >= 11 is 0. The molecule has 1 atom stereocenters. The Kier molecular flexibility index (Phi) is 6.97. The number of carbonyl (C=O) groups is 2. The van der Waals surface area contributed by atoms with Crippen LogP contribution in [-0.2, 0) is 4.79 Å². The highest BCUT2D eigenvalue weighted by atomic mass is 19.1. The standard InChI is InChI=1S/C24H32FN5O3/c1-16-15-17(8-9-26-16)27-23(31)20-5-4-10-30(20)24(32)18-6-7-19(21(25)22(18)33-3)29-13-11-28(2)12-14-29/h6-7,15,20H,4-5,8-14H2,1-3H3,(H,27,31). The molecule has 8 nitrogen and oxygen atoms in total. The predicted octanol–water partition coefficient (Wildman–Crippen LogP) is 2.06. The molecule has 0 spiro atoms. The van der Waals surface area contributed by atoms with Crippen LogP contribution in [0.25, 0.3) is 0 Å². The highest BCUT2D eigenvalue weighted by Crippen LogP contribution is 2.34. The number of benzene rings is 1. The van der Waals surface area contributed by atoms with Gasteiger partial charge in [-0.05, 0) is 45.0 Å². The topological polar surface area (TPSA) is 77.5 Å². The zero-order chi connectivity index (χ0) is 23.5. The normalized spacial score (nSPS) is 21.5. The number of hydrogen-bond donors (Lipinski definition) is 1. The third-order valence-corrected chi connectivity index (χ3v) is 6.58. The van der Waals surface area contributed by atoms with E-state index in [-0.39, 0.29) is 23.1 Å². The largest absolute Gasteiger partial charge is 0.493 e. The van der Waals surface area contributed by atoms with Crippen LogP contribution in [0.15, 0.2) is 28.9 Å². The maximum absolute atomic E-state index is 15.4. The highest BCUT2D eigenvalue weighted by molar-refractivity contribution is 6.01. The van der Waals surface area contributed by atoms with Crippen molar-refractivity contribution in [2.24, 2.45) is 4.99 Å². The molecule has 2 fully saturated rings. The fraction of sp³-hybridized carbons (Fsp3) is 0.542. The Bertz CT molecular complexity index is 985. The molecule has 0 aromatic heterocycles. The first-order chi connectivity index (χ1) is 15.9. The molecule has 0 radical (unpaired) electrons. The van der Waals surface area contributed by atoms with Gasteiger partial charge in [-0.3, -0.25) is 14.6 Å². The van der Waals surface area contributed by atoms with Crippen LogP contribution in [0.2, 0.25) is 0 Å². The van der Waals surface area contributed by atoms with Gasteiger partial charge in [-0.2, -0.15) is 0 Å². The summed E-state index contributed by atoms with van der Waals surface area (Å²) in [5.74, 6) is -1.20. The lowest BCUT2D eigenvalue weighted by Gasteiger charge is -2.34. The SMILES string of the molecule is COc1c(C(=O)N2CCCC2C(=O)NC2=CC(C)=NCC2)ccc(N2CCN(C)CC2)c1F. The van der Waals surface area contributed by atoms with Gasteiger partial charge in [0.15, 0.2) is 11.6 Å². The molecule has 4 rings (SSSR count). The summed E-state index contributed by atoms with van der Waals surface area (Å²) in [7, 11) is 3.41. The van der Waals surface area contributed by atoms with Crippen LogP contribution in [0.3, 0.4) is 0 Å². The average molecular weight is 458 g/mol. The van der Waals surface area contributed by atoms with Gasteiger partial charge in [0, 0.05) is 57.1 Å². The number of carbonyl (C=O) groups excluding carboxylic acids is 2. The molecule has 0 aliphatic carbocycles. The second kappa shape index (κ2) is 9.91. The van der Waals surface area contributed by atoms with Crippen molar-refractivity contribution in [1.29, 1.82) is 0 Å². The van der Waals surface area contributed by atoms with Crippen LogP contribution < -0.4 is 15.0 Å². The molecule has 3 heterocycles. The number of anilines is 1. The number of likely N-dealkylation sites (N-methyl/N-ethyl adjacent to an activating group) is 1. The Labute approximate surface area is 194 Å². The fourth-order valence-corrected chi connectivity index (χ4v) is 4.71. The first-order valence-corrected chi connectivity index (χ1v) is 11.5. The van der Waals surface area contributed by atoms with Gasteiger partial charge in [-0.25, -0.2) is 4.39 Å². The number of piperazine rings is 1. The molecule has 3 aliphatic rings. The van der Waals surface area contributed by atoms with Crippen LogP contribution in [-0.4, -0.2) is 86.8 Å². The maximum Gasteiger partial charge on any atom is 0.258 e. The highest BCUT2D eigenvalue weighted by Gasteiger charge is 2.37. The van der Waals surface area contributed by atoms with Crippen molar-refractivity contribution < 1.29 is 18.7 Å². The number of nitrogens with zero attached hydrogens (tertiary/aromatic N) is 4. The third-order valence-electron chi connectivity index (χ3n) is 6.58. The number of allylic oxidation sites excluding steroid dienone is 1. The first kappa shape index (κ1) is 23.2. The van der Waals surface area contributed by atoms with Crippen LogP contribution in [0.4, 0.5) is 10.1 Å². The van der Waals surface area contributed by atoms with E-state index in [0.29, 0.717) is 51.1 Å². The van der Waals surface area contributed by atoms with E-state index in [9.17, 15) is 9.59 Å². The lowest BCUT2D eigenvalue weighted by atomic mass is 10.1. The van der Waals surface area contributed by atoms with Gasteiger partial charge >= 0.3 is 0 Å². The molecule has 1 aromatic carbocycles. The van der Waals surface area contributed by atoms with Crippen molar-refractivity contribution in [3.8, 4) is 5.75 Å². The van der Waals surface area contributed by atoms with E-state index in [1.54, 1.807) is 12.1 Å². The minimum atomic E-state index is -0.595. The number of rotatable bonds is 5. The Morgan fingerprint density at radius 1 is 1.18 bits per heavy atom. The Morgan fingerprint density at radius 2 is 1.94 bits per heavy atom. The van der Waals surface area contributed by atoms with Gasteiger partial charge in [-0.1, -0.05) is 0 Å². The quantitative estimate of drug-likeness (QED) is 0.733. The van der Waals surface area contributed by atoms with E-state index < -0.39 is 11.9 Å². The van der Waals surface area contributed by atoms with Gasteiger partial charge in [-0.15, -0.1) is 0 Å². The second-order valence-electron chi connectivity index (χ2n) is 8.86. The molecule has 9 heteroatoms. The van der Waals surface area contributed by atoms with Crippen molar-refractivity contribution in [2.75, 3.05) is 58.3 Å². The summed E-state index contributed by atoms with van der Waals surface area (Å²) in [5.41, 5.74) is 2.27. The molecule has 2 saturated heterocycles. The van der Waals surface area contributed by atoms with E-state index in [2.05, 4.69) is 15.2 Å². The minimum absolute atomic E-state index is 0.0655. The van der Waals surface area contributed by atoms with Crippen molar-refractivity contribution in [2.45, 2.75) is 32.2 Å². The number of nitrogens with one attached hydrogen (secondary N) is 1. The van der Waals surface area contributed by atoms with Crippen LogP contribution >= 0.6 is 0 Å². The number of aliphatic imine (C=N–C) groups is 1. The summed E-state index contributed by atoms with van der Waals surface area (Å²) in [6, 6.07) is 2.67. The Morgan fingerprint density at radius 3 is 2.64 bits per heavy atom. The van der Waals surface area contributed by atoms with Gasteiger partial charge in [0.25, 0.3) is 5.91 Å². The molecular formula is C24H32FN5O3. The molecule has 1 aromatic rings. The Hall–Kier alpha value is -2.94. The molecular weight excluding hydrogens is 425 g/mol. The molecule has 0 bridgehead atoms. The van der Waals surface area contributed by atoms with Crippen LogP contribution in [0.1, 0.15) is 36.5 Å². The lowest BCUT2D eigenvalue weighted by Crippen LogP contribution is -2.46. The van der Waals surface area contributed by atoms with Crippen molar-refractivity contribution in [3.63, 3.8) is 0 Å². The molecule has 1 N–H and O–H groups in total. The summed E-state index contributed by atoms with van der Waals surface area (Å²) in [6.45, 7) is 6.08. The second-order valence-corrected chi connectivity index (χ2v) is 8.86. The molecule has 3 aliphatic heterocycles. The van der Waals surface area contributed by atoms with E-state index in [1.807, 2.05) is 24.9 Å². The van der Waals surface area contributed by atoms with E-state index >= 15 is 4.39 Å². The number of dihydropyridines is 1.